The normalized spacial score (nSPS) is 15.3. The number of fused-ring (bicyclic) bond motifs is 2. The first-order valence-electron chi connectivity index (χ1n) is 11.9. The van der Waals surface area contributed by atoms with E-state index in [4.69, 9.17) is 5.73 Å². The lowest BCUT2D eigenvalue weighted by Gasteiger charge is -2.32. The first-order valence-corrected chi connectivity index (χ1v) is 11.9. The van der Waals surface area contributed by atoms with E-state index in [9.17, 15) is 9.18 Å². The van der Waals surface area contributed by atoms with E-state index >= 15 is 0 Å². The van der Waals surface area contributed by atoms with Crippen molar-refractivity contribution in [2.24, 2.45) is 0 Å². The van der Waals surface area contributed by atoms with Crippen molar-refractivity contribution in [2.75, 3.05) is 39.0 Å². The van der Waals surface area contributed by atoms with Crippen LogP contribution in [0.5, 0.6) is 0 Å². The highest BCUT2D eigenvalue weighted by molar-refractivity contribution is 6.12. The number of carbonyl (C=O) groups is 1. The lowest BCUT2D eigenvalue weighted by atomic mass is 10.1. The number of halogens is 1. The summed E-state index contributed by atoms with van der Waals surface area (Å²) in [6, 6.07) is 10.7. The van der Waals surface area contributed by atoms with Gasteiger partial charge in [0.2, 0.25) is 5.78 Å². The van der Waals surface area contributed by atoms with Crippen molar-refractivity contribution < 1.29 is 9.18 Å². The van der Waals surface area contributed by atoms with Crippen molar-refractivity contribution >= 4 is 33.5 Å². The van der Waals surface area contributed by atoms with Crippen molar-refractivity contribution in [1.82, 2.24) is 34.5 Å². The molecule has 2 aromatic carbocycles. The fourth-order valence-electron chi connectivity index (χ4n) is 4.83. The summed E-state index contributed by atoms with van der Waals surface area (Å²) >= 11 is 0. The standard InChI is InChI=1S/C26H27FN8O/c1-15-30-21-4-3-18(11-23(21)31-15)35-26(28)19(13-29-35)25(36)24-10-16-9-17(20(27)12-22(16)32-24)14-34-7-5-33(2)6-8-34/h3-4,9-13,32H,5-8,14,28H2,1-2H3,(H,30,31). The number of nitrogens with one attached hydrogen (secondary N) is 2. The van der Waals surface area contributed by atoms with Crippen LogP contribution >= 0.6 is 0 Å². The number of nitrogens with two attached hydrogens (primary N) is 1. The van der Waals surface area contributed by atoms with Gasteiger partial charge >= 0.3 is 0 Å². The zero-order valence-electron chi connectivity index (χ0n) is 20.2. The van der Waals surface area contributed by atoms with Crippen molar-refractivity contribution in [3.63, 3.8) is 0 Å². The van der Waals surface area contributed by atoms with Crippen LogP contribution in [-0.4, -0.2) is 73.5 Å². The molecular weight excluding hydrogens is 459 g/mol. The number of aromatic amines is 2. The molecule has 1 aliphatic rings. The number of H-pyrrole nitrogens is 2. The predicted molar refractivity (Wildman–Crippen MR) is 137 cm³/mol. The molecule has 0 saturated carbocycles. The number of aromatic nitrogens is 5. The molecule has 0 spiro atoms. The molecule has 1 saturated heterocycles. The molecule has 1 aliphatic heterocycles. The second-order valence-corrected chi connectivity index (χ2v) is 9.50. The van der Waals surface area contributed by atoms with Crippen LogP contribution in [0, 0.1) is 12.7 Å². The van der Waals surface area contributed by atoms with Gasteiger partial charge in [-0.1, -0.05) is 0 Å². The molecule has 0 aliphatic carbocycles. The fraction of sp³-hybridized carbons (Fsp3) is 0.269. The number of nitrogens with zero attached hydrogens (tertiary/aromatic N) is 5. The summed E-state index contributed by atoms with van der Waals surface area (Å²) in [5.41, 5.74) is 10.6. The third-order valence-corrected chi connectivity index (χ3v) is 6.90. The molecule has 36 heavy (non-hydrogen) atoms. The number of imidazole rings is 1. The minimum Gasteiger partial charge on any atom is -0.383 e. The monoisotopic (exact) mass is 486 g/mol. The van der Waals surface area contributed by atoms with E-state index in [-0.39, 0.29) is 23.0 Å². The summed E-state index contributed by atoms with van der Waals surface area (Å²) in [7, 11) is 2.09. The SMILES string of the molecule is Cc1nc2ccc(-n3ncc(C(=O)c4cc5cc(CN6CCN(C)CC6)c(F)cc5[nH]4)c3N)cc2[nH]1. The topological polar surface area (TPSA) is 112 Å². The largest absolute Gasteiger partial charge is 0.383 e. The number of ketones is 1. The van der Waals surface area contributed by atoms with Gasteiger partial charge in [-0.15, -0.1) is 0 Å². The predicted octanol–water partition coefficient (Wildman–Crippen LogP) is 3.24. The smallest absolute Gasteiger partial charge is 0.214 e. The molecule has 10 heteroatoms. The van der Waals surface area contributed by atoms with Gasteiger partial charge in [-0.2, -0.15) is 5.10 Å². The molecule has 184 valence electrons. The van der Waals surface area contributed by atoms with E-state index in [1.165, 1.54) is 16.9 Å². The number of hydrogen-bond donors (Lipinski definition) is 3. The summed E-state index contributed by atoms with van der Waals surface area (Å²) in [4.78, 5) is 28.5. The molecule has 3 aromatic heterocycles. The highest BCUT2D eigenvalue weighted by atomic mass is 19.1. The average molecular weight is 487 g/mol. The van der Waals surface area contributed by atoms with Gasteiger partial charge in [0.25, 0.3) is 0 Å². The van der Waals surface area contributed by atoms with Gasteiger partial charge in [0.15, 0.2) is 0 Å². The van der Waals surface area contributed by atoms with Crippen molar-refractivity contribution in [2.45, 2.75) is 13.5 Å². The summed E-state index contributed by atoms with van der Waals surface area (Å²) in [5, 5.41) is 5.14. The van der Waals surface area contributed by atoms with E-state index in [1.54, 1.807) is 6.07 Å². The van der Waals surface area contributed by atoms with Crippen LogP contribution in [0.1, 0.15) is 27.4 Å². The average Bonchev–Trinajstić information content (AvgIpc) is 3.55. The molecule has 4 heterocycles. The molecular formula is C26H27FN8O. The Balaban J connectivity index is 1.28. The number of hydrogen-bond acceptors (Lipinski definition) is 6. The minimum atomic E-state index is -0.297. The minimum absolute atomic E-state index is 0.233. The Morgan fingerprint density at radius 1 is 1.08 bits per heavy atom. The number of likely N-dealkylation sites (N-methyl/N-ethyl adjacent to an activating group) is 1. The third-order valence-electron chi connectivity index (χ3n) is 6.90. The molecule has 0 unspecified atom stereocenters. The van der Waals surface area contributed by atoms with E-state index in [1.807, 2.05) is 31.2 Å². The third kappa shape index (κ3) is 3.94. The van der Waals surface area contributed by atoms with Gasteiger partial charge in [-0.05, 0) is 50.4 Å². The van der Waals surface area contributed by atoms with E-state index in [0.717, 1.165) is 54.1 Å². The van der Waals surface area contributed by atoms with E-state index in [0.29, 0.717) is 23.3 Å². The maximum Gasteiger partial charge on any atom is 0.214 e. The Morgan fingerprint density at radius 2 is 1.89 bits per heavy atom. The molecule has 0 bridgehead atoms. The number of rotatable bonds is 5. The number of nitrogen functional groups attached to an aromatic ring is 1. The Hall–Kier alpha value is -4.02. The lowest BCUT2D eigenvalue weighted by Crippen LogP contribution is -2.44. The Morgan fingerprint density at radius 3 is 2.69 bits per heavy atom. The Kier molecular flexibility index (Phi) is 5.35. The van der Waals surface area contributed by atoms with Gasteiger partial charge in [0, 0.05) is 49.2 Å². The first kappa shape index (κ1) is 22.4. The summed E-state index contributed by atoms with van der Waals surface area (Å²) in [6.07, 6.45) is 1.46. The van der Waals surface area contributed by atoms with Gasteiger partial charge in [-0.3, -0.25) is 9.69 Å². The Bertz CT molecular complexity index is 1610. The maximum absolute atomic E-state index is 14.9. The van der Waals surface area contributed by atoms with Crippen LogP contribution < -0.4 is 5.73 Å². The van der Waals surface area contributed by atoms with Gasteiger partial charge < -0.3 is 20.6 Å². The Labute approximate surface area is 206 Å². The molecule has 6 rings (SSSR count). The lowest BCUT2D eigenvalue weighted by molar-refractivity contribution is 0.103. The van der Waals surface area contributed by atoms with Crippen molar-refractivity contribution in [3.05, 3.63) is 71.1 Å². The first-order chi connectivity index (χ1) is 17.4. The van der Waals surface area contributed by atoms with Crippen molar-refractivity contribution in [3.8, 4) is 5.69 Å². The van der Waals surface area contributed by atoms with E-state index in [2.05, 4.69) is 36.9 Å². The summed E-state index contributed by atoms with van der Waals surface area (Å²) < 4.78 is 16.4. The quantitative estimate of drug-likeness (QED) is 0.329. The molecule has 4 N–H and O–H groups in total. The summed E-state index contributed by atoms with van der Waals surface area (Å²) in [5.74, 6) is 0.470. The molecule has 0 atom stereocenters. The maximum atomic E-state index is 14.9. The van der Waals surface area contributed by atoms with Crippen LogP contribution in [0.3, 0.4) is 0 Å². The number of benzene rings is 2. The van der Waals surface area contributed by atoms with Crippen LogP contribution in [0.25, 0.3) is 27.6 Å². The molecule has 0 radical (unpaired) electrons. The highest BCUT2D eigenvalue weighted by Gasteiger charge is 2.21. The van der Waals surface area contributed by atoms with Crippen LogP contribution in [0.15, 0.2) is 42.6 Å². The molecule has 9 nitrogen and oxygen atoms in total. The van der Waals surface area contributed by atoms with Crippen molar-refractivity contribution in [1.29, 1.82) is 0 Å². The van der Waals surface area contributed by atoms with Crippen LogP contribution in [0.2, 0.25) is 0 Å². The highest BCUT2D eigenvalue weighted by Crippen LogP contribution is 2.26. The fourth-order valence-corrected chi connectivity index (χ4v) is 4.83. The number of carbonyl (C=O) groups excluding carboxylic acids is 1. The molecule has 1 fully saturated rings. The second-order valence-electron chi connectivity index (χ2n) is 9.50. The second kappa shape index (κ2) is 8.58. The molecule has 5 aromatic rings. The van der Waals surface area contributed by atoms with Crippen LogP contribution in [0.4, 0.5) is 10.2 Å². The summed E-state index contributed by atoms with van der Waals surface area (Å²) in [6.45, 7) is 6.18. The number of aryl methyl sites for hydroxylation is 1. The number of piperazine rings is 1. The van der Waals surface area contributed by atoms with Gasteiger partial charge in [0.05, 0.1) is 34.2 Å². The zero-order valence-corrected chi connectivity index (χ0v) is 20.2. The van der Waals surface area contributed by atoms with E-state index < -0.39 is 0 Å². The van der Waals surface area contributed by atoms with Gasteiger partial charge in [0.1, 0.15) is 17.5 Å². The molecule has 0 amide bonds. The van der Waals surface area contributed by atoms with Gasteiger partial charge in [-0.25, -0.2) is 14.1 Å². The van der Waals surface area contributed by atoms with Crippen LogP contribution in [-0.2, 0) is 6.54 Å². The number of anilines is 1. The zero-order chi connectivity index (χ0) is 25.0.